The van der Waals surface area contributed by atoms with Gasteiger partial charge in [-0.3, -0.25) is 28.8 Å². The number of nitrogens with zero attached hydrogens (tertiary/aromatic N) is 1. The van der Waals surface area contributed by atoms with Gasteiger partial charge in [-0.1, -0.05) is 78.9 Å². The molecule has 0 bridgehead atoms. The topological polar surface area (TPSA) is 228 Å². The van der Waals surface area contributed by atoms with Crippen LogP contribution in [0.2, 0.25) is 0 Å². The lowest BCUT2D eigenvalue weighted by molar-refractivity contribution is -0.144. The molecule has 0 radical (unpaired) electrons. The molecule has 15 heteroatoms. The number of H-pyrrole nitrogens is 1. The monoisotopic (exact) mass is 820 g/mol. The molecular formula is C45H56N8O7. The first-order valence-electron chi connectivity index (χ1n) is 20.7. The summed E-state index contributed by atoms with van der Waals surface area (Å²) >= 11 is 0. The summed E-state index contributed by atoms with van der Waals surface area (Å²) in [5.41, 5.74) is 7.18. The Morgan fingerprint density at radius 1 is 0.750 bits per heavy atom. The Kier molecular flexibility index (Phi) is 14.4. The number of para-hydroxylation sites is 1. The minimum Gasteiger partial charge on any atom is -0.391 e. The van der Waals surface area contributed by atoms with Crippen molar-refractivity contribution in [2.45, 2.75) is 107 Å². The Bertz CT molecular complexity index is 2140. The number of carbonyl (C=O) groups excluding carboxylic acids is 6. The lowest BCUT2D eigenvalue weighted by Crippen LogP contribution is -2.66. The minimum absolute atomic E-state index is 0.0144. The van der Waals surface area contributed by atoms with Crippen LogP contribution in [0.5, 0.6) is 0 Å². The Morgan fingerprint density at radius 3 is 2.10 bits per heavy atom. The van der Waals surface area contributed by atoms with Crippen molar-refractivity contribution in [3.05, 3.63) is 108 Å². The molecule has 4 aromatic rings. The van der Waals surface area contributed by atoms with Gasteiger partial charge in [-0.25, -0.2) is 0 Å². The summed E-state index contributed by atoms with van der Waals surface area (Å²) in [5.74, 6) is -3.98. The first kappa shape index (κ1) is 43.5. The van der Waals surface area contributed by atoms with E-state index >= 15 is 0 Å². The number of carbonyl (C=O) groups is 6. The Balaban J connectivity index is 1.42. The van der Waals surface area contributed by atoms with Gasteiger partial charge in [0.05, 0.1) is 6.10 Å². The van der Waals surface area contributed by atoms with Crippen LogP contribution in [-0.2, 0) is 48.0 Å². The number of hydrogen-bond acceptors (Lipinski definition) is 8. The number of amides is 6. The second-order valence-corrected chi connectivity index (χ2v) is 16.1. The normalized spacial score (nSPS) is 25.3. The van der Waals surface area contributed by atoms with Crippen molar-refractivity contribution in [1.82, 2.24) is 36.5 Å². The Hall–Kier alpha value is -6.06. The highest BCUT2D eigenvalue weighted by Crippen LogP contribution is 2.24. The third-order valence-electron chi connectivity index (χ3n) is 11.4. The van der Waals surface area contributed by atoms with Crippen molar-refractivity contribution in [2.75, 3.05) is 13.1 Å². The van der Waals surface area contributed by atoms with Crippen LogP contribution in [0.1, 0.15) is 62.6 Å². The van der Waals surface area contributed by atoms with Gasteiger partial charge < -0.3 is 47.3 Å². The number of hydrogen-bond donors (Lipinski definition) is 8. The standard InChI is InChI=1S/C45H56N8O7/c1-28(54)38-42(58)49-36(24-29-14-5-3-6-15-29)43(59)53-23-13-21-37(53)41(57)52-45(2,26-30-16-7-4-8-17-30)44(60)50-35(25-31-27-47-33-19-10-9-18-32(31)33)40(56)48-34(39(55)51-38)20-11-12-22-46/h3-10,14-19,27-28,34-38,47,54H,11-13,20-26,46H2,1-2H3,(H,48,56)(H,49,58)(H,50,60)(H,51,55)(H,52,57)/t28-,34+,35-,36+,37+,38+,45-/m1/s1. The highest BCUT2D eigenvalue weighted by atomic mass is 16.3. The largest absolute Gasteiger partial charge is 0.391 e. The molecule has 3 heterocycles. The molecule has 0 saturated carbocycles. The molecule has 2 saturated heterocycles. The van der Waals surface area contributed by atoms with Gasteiger partial charge in [0.2, 0.25) is 35.4 Å². The maximum atomic E-state index is 14.8. The number of benzene rings is 3. The second kappa shape index (κ2) is 19.8. The molecule has 1 aromatic heterocycles. The van der Waals surface area contributed by atoms with Crippen molar-refractivity contribution >= 4 is 46.3 Å². The van der Waals surface area contributed by atoms with E-state index in [1.54, 1.807) is 37.4 Å². The molecule has 9 N–H and O–H groups in total. The molecule has 0 unspecified atom stereocenters. The lowest BCUT2D eigenvalue weighted by Gasteiger charge is -2.35. The quantitative estimate of drug-likeness (QED) is 0.103. The highest BCUT2D eigenvalue weighted by Gasteiger charge is 2.44. The van der Waals surface area contributed by atoms with E-state index < -0.39 is 77.3 Å². The van der Waals surface area contributed by atoms with E-state index in [2.05, 4.69) is 31.6 Å². The van der Waals surface area contributed by atoms with E-state index in [-0.39, 0.29) is 32.2 Å². The number of nitrogens with two attached hydrogens (primary N) is 1. The van der Waals surface area contributed by atoms with E-state index in [1.165, 1.54) is 11.8 Å². The van der Waals surface area contributed by atoms with E-state index in [0.717, 1.165) is 27.6 Å². The van der Waals surface area contributed by atoms with Crippen molar-refractivity contribution in [3.8, 4) is 0 Å². The summed E-state index contributed by atoms with van der Waals surface area (Å²) in [7, 11) is 0. The molecule has 60 heavy (non-hydrogen) atoms. The number of aromatic nitrogens is 1. The molecule has 15 nitrogen and oxygen atoms in total. The van der Waals surface area contributed by atoms with Crippen LogP contribution in [0.15, 0.2) is 91.1 Å². The molecule has 3 aromatic carbocycles. The van der Waals surface area contributed by atoms with E-state index in [4.69, 9.17) is 5.73 Å². The van der Waals surface area contributed by atoms with Crippen molar-refractivity contribution in [1.29, 1.82) is 0 Å². The molecule has 6 amide bonds. The van der Waals surface area contributed by atoms with Crippen molar-refractivity contribution in [2.24, 2.45) is 5.73 Å². The minimum atomic E-state index is -1.63. The molecule has 2 aliphatic heterocycles. The first-order valence-corrected chi connectivity index (χ1v) is 20.7. The summed E-state index contributed by atoms with van der Waals surface area (Å²) < 4.78 is 0. The molecule has 6 rings (SSSR count). The summed E-state index contributed by atoms with van der Waals surface area (Å²) in [6.07, 6.45) is 2.36. The van der Waals surface area contributed by atoms with Crippen LogP contribution in [0.25, 0.3) is 10.9 Å². The van der Waals surface area contributed by atoms with Gasteiger partial charge in [-0.2, -0.15) is 0 Å². The van der Waals surface area contributed by atoms with Gasteiger partial charge >= 0.3 is 0 Å². The average Bonchev–Trinajstić information content (AvgIpc) is 3.90. The number of aromatic amines is 1. The number of unbranched alkanes of at least 4 members (excludes halogenated alkanes) is 1. The summed E-state index contributed by atoms with van der Waals surface area (Å²) in [6, 6.07) is 19.6. The zero-order valence-corrected chi connectivity index (χ0v) is 34.1. The third kappa shape index (κ3) is 10.6. The number of aliphatic hydroxyl groups is 1. The first-order chi connectivity index (χ1) is 28.9. The maximum Gasteiger partial charge on any atom is 0.246 e. The fourth-order valence-corrected chi connectivity index (χ4v) is 8.10. The fourth-order valence-electron chi connectivity index (χ4n) is 8.10. The Labute approximate surface area is 349 Å². The summed E-state index contributed by atoms with van der Waals surface area (Å²) in [4.78, 5) is 91.1. The number of rotatable bonds is 11. The number of aliphatic hydroxyl groups excluding tert-OH is 1. The van der Waals surface area contributed by atoms with Crippen LogP contribution in [-0.4, -0.2) is 105 Å². The number of nitrogens with one attached hydrogen (secondary N) is 6. The van der Waals surface area contributed by atoms with E-state index in [0.29, 0.717) is 32.2 Å². The van der Waals surface area contributed by atoms with Crippen molar-refractivity contribution in [3.63, 3.8) is 0 Å². The molecule has 0 spiro atoms. The SMILES string of the molecule is C[C@@H](O)[C@@H]1NC(=O)[C@H](CCCCN)NC(=O)[C@@H](Cc2c[nH]c3ccccc23)NC(=O)[C@@](C)(Cc2ccccc2)NC(=O)[C@@H]2CCCN2C(=O)[C@H](Cc2ccccc2)NC1=O. The van der Waals surface area contributed by atoms with Crippen LogP contribution in [0.4, 0.5) is 0 Å². The van der Waals surface area contributed by atoms with Crippen LogP contribution >= 0.6 is 0 Å². The van der Waals surface area contributed by atoms with Gasteiger partial charge in [0.1, 0.15) is 35.7 Å². The molecule has 7 atom stereocenters. The second-order valence-electron chi connectivity index (χ2n) is 16.1. The predicted molar refractivity (Wildman–Crippen MR) is 226 cm³/mol. The lowest BCUT2D eigenvalue weighted by atomic mass is 9.90. The predicted octanol–water partition coefficient (Wildman–Crippen LogP) is 1.52. The molecule has 318 valence electrons. The average molecular weight is 821 g/mol. The number of fused-ring (bicyclic) bond motifs is 2. The zero-order valence-electron chi connectivity index (χ0n) is 34.1. The van der Waals surface area contributed by atoms with Gasteiger partial charge in [0.15, 0.2) is 0 Å². The fraction of sp³-hybridized carbons (Fsp3) is 0.422. The van der Waals surface area contributed by atoms with Gasteiger partial charge in [0, 0.05) is 42.9 Å². The molecular weight excluding hydrogens is 765 g/mol. The smallest absolute Gasteiger partial charge is 0.246 e. The maximum absolute atomic E-state index is 14.8. The third-order valence-corrected chi connectivity index (χ3v) is 11.4. The van der Waals surface area contributed by atoms with Gasteiger partial charge in [0.25, 0.3) is 0 Å². The van der Waals surface area contributed by atoms with Crippen LogP contribution < -0.4 is 32.3 Å². The van der Waals surface area contributed by atoms with Gasteiger partial charge in [-0.05, 0) is 75.3 Å². The van der Waals surface area contributed by atoms with Crippen LogP contribution in [0, 0.1) is 0 Å². The molecule has 2 aliphatic rings. The highest BCUT2D eigenvalue weighted by molar-refractivity contribution is 6.00. The summed E-state index contributed by atoms with van der Waals surface area (Å²) in [5, 5.41) is 25.8. The van der Waals surface area contributed by atoms with E-state index in [1.807, 2.05) is 60.7 Å². The van der Waals surface area contributed by atoms with E-state index in [9.17, 15) is 33.9 Å². The van der Waals surface area contributed by atoms with Crippen LogP contribution in [0.3, 0.4) is 0 Å². The Morgan fingerprint density at radius 2 is 1.40 bits per heavy atom. The molecule has 2 fully saturated rings. The zero-order chi connectivity index (χ0) is 42.8. The van der Waals surface area contributed by atoms with Gasteiger partial charge in [-0.15, -0.1) is 0 Å². The summed E-state index contributed by atoms with van der Waals surface area (Å²) in [6.45, 7) is 3.48. The van der Waals surface area contributed by atoms with Crippen molar-refractivity contribution < 1.29 is 33.9 Å². The molecule has 0 aliphatic carbocycles.